The second-order valence-corrected chi connectivity index (χ2v) is 5.18. The molecule has 0 bridgehead atoms. The van der Waals surface area contributed by atoms with Gasteiger partial charge in [-0.05, 0) is 31.1 Å². The van der Waals surface area contributed by atoms with Gasteiger partial charge in [0, 0.05) is 13.1 Å². The molecule has 1 aliphatic rings. The number of hydrogen-bond donors (Lipinski definition) is 1. The second kappa shape index (κ2) is 8.22. The van der Waals surface area contributed by atoms with Crippen LogP contribution in [0.15, 0.2) is 18.2 Å². The summed E-state index contributed by atoms with van der Waals surface area (Å²) in [7, 11) is 1.66. The van der Waals surface area contributed by atoms with Crippen molar-refractivity contribution in [2.45, 2.75) is 19.4 Å². The average molecular weight is 294 g/mol. The predicted octanol–water partition coefficient (Wildman–Crippen LogP) is 1.30. The number of nitrogens with two attached hydrogens (primary N) is 1. The van der Waals surface area contributed by atoms with Crippen molar-refractivity contribution in [2.75, 3.05) is 46.5 Å². The van der Waals surface area contributed by atoms with E-state index in [1.165, 1.54) is 0 Å². The third-order valence-corrected chi connectivity index (χ3v) is 3.78. The summed E-state index contributed by atoms with van der Waals surface area (Å²) in [6.07, 6.45) is 0.883. The lowest BCUT2D eigenvalue weighted by Gasteiger charge is -2.32. The van der Waals surface area contributed by atoms with Gasteiger partial charge in [0.25, 0.3) is 0 Å². The van der Waals surface area contributed by atoms with Gasteiger partial charge in [0.1, 0.15) is 12.7 Å². The highest BCUT2D eigenvalue weighted by molar-refractivity contribution is 5.46. The normalized spacial score (nSPS) is 19.5. The Morgan fingerprint density at radius 2 is 2.29 bits per heavy atom. The quantitative estimate of drug-likeness (QED) is 0.821. The highest BCUT2D eigenvalue weighted by Gasteiger charge is 2.21. The molecule has 0 aliphatic carbocycles. The predicted molar refractivity (Wildman–Crippen MR) is 83.1 cm³/mol. The van der Waals surface area contributed by atoms with Crippen molar-refractivity contribution in [1.29, 1.82) is 0 Å². The summed E-state index contributed by atoms with van der Waals surface area (Å²) < 4.78 is 17.2. The monoisotopic (exact) mass is 294 g/mol. The summed E-state index contributed by atoms with van der Waals surface area (Å²) in [5, 5.41) is 0. The Morgan fingerprint density at radius 1 is 1.43 bits per heavy atom. The first kappa shape index (κ1) is 16.1. The van der Waals surface area contributed by atoms with Gasteiger partial charge in [-0.3, -0.25) is 4.90 Å². The van der Waals surface area contributed by atoms with Gasteiger partial charge in [-0.25, -0.2) is 0 Å². The van der Waals surface area contributed by atoms with Crippen LogP contribution < -0.4 is 15.2 Å². The van der Waals surface area contributed by atoms with Crippen molar-refractivity contribution in [2.24, 2.45) is 5.73 Å². The van der Waals surface area contributed by atoms with Gasteiger partial charge in [-0.2, -0.15) is 0 Å². The third-order valence-electron chi connectivity index (χ3n) is 3.78. The van der Waals surface area contributed by atoms with Gasteiger partial charge in [-0.1, -0.05) is 19.1 Å². The molecule has 5 nitrogen and oxygen atoms in total. The molecule has 0 amide bonds. The van der Waals surface area contributed by atoms with Crippen LogP contribution >= 0.6 is 0 Å². The number of hydrogen-bond acceptors (Lipinski definition) is 5. The van der Waals surface area contributed by atoms with E-state index in [0.717, 1.165) is 49.7 Å². The fourth-order valence-corrected chi connectivity index (χ4v) is 2.58. The van der Waals surface area contributed by atoms with E-state index in [9.17, 15) is 0 Å². The van der Waals surface area contributed by atoms with Crippen molar-refractivity contribution >= 4 is 0 Å². The zero-order valence-electron chi connectivity index (χ0n) is 13.0. The first-order valence-electron chi connectivity index (χ1n) is 7.61. The Kier molecular flexibility index (Phi) is 6.29. The van der Waals surface area contributed by atoms with Crippen molar-refractivity contribution < 1.29 is 14.2 Å². The van der Waals surface area contributed by atoms with Gasteiger partial charge < -0.3 is 19.9 Å². The molecule has 2 rings (SSSR count). The van der Waals surface area contributed by atoms with E-state index in [1.54, 1.807) is 7.11 Å². The number of para-hydroxylation sites is 1. The molecule has 0 radical (unpaired) electrons. The smallest absolute Gasteiger partial charge is 0.164 e. The van der Waals surface area contributed by atoms with Crippen molar-refractivity contribution in [3.05, 3.63) is 23.8 Å². The molecule has 0 spiro atoms. The lowest BCUT2D eigenvalue weighted by molar-refractivity contribution is -0.0467. The van der Waals surface area contributed by atoms with E-state index in [2.05, 4.69) is 11.8 Å². The van der Waals surface area contributed by atoms with E-state index in [1.807, 2.05) is 18.2 Å². The molecule has 1 heterocycles. The van der Waals surface area contributed by atoms with Crippen LogP contribution in [0.25, 0.3) is 0 Å². The Labute approximate surface area is 127 Å². The summed E-state index contributed by atoms with van der Waals surface area (Å²) in [5.41, 5.74) is 6.75. The van der Waals surface area contributed by atoms with E-state index in [-0.39, 0.29) is 6.10 Å². The van der Waals surface area contributed by atoms with Gasteiger partial charge in [0.2, 0.25) is 0 Å². The maximum atomic E-state index is 6.01. The van der Waals surface area contributed by atoms with Crippen molar-refractivity contribution in [1.82, 2.24) is 4.90 Å². The number of likely N-dealkylation sites (N-methyl/N-ethyl adjacent to an activating group) is 1. The number of ether oxygens (including phenoxy) is 3. The molecule has 1 unspecified atom stereocenters. The van der Waals surface area contributed by atoms with E-state index in [4.69, 9.17) is 19.9 Å². The largest absolute Gasteiger partial charge is 0.493 e. The summed E-state index contributed by atoms with van der Waals surface area (Å²) in [4.78, 5) is 2.38. The summed E-state index contributed by atoms with van der Waals surface area (Å²) in [6.45, 7) is 7.03. The van der Waals surface area contributed by atoms with Crippen LogP contribution in [0.1, 0.15) is 12.5 Å². The number of morpholine rings is 1. The first-order chi connectivity index (χ1) is 10.3. The fourth-order valence-electron chi connectivity index (χ4n) is 2.58. The topological polar surface area (TPSA) is 57.0 Å². The number of nitrogens with zero attached hydrogens (tertiary/aromatic N) is 1. The molecular weight excluding hydrogens is 268 g/mol. The van der Waals surface area contributed by atoms with Gasteiger partial charge in [0.15, 0.2) is 11.5 Å². The van der Waals surface area contributed by atoms with Crippen molar-refractivity contribution in [3.8, 4) is 11.5 Å². The second-order valence-electron chi connectivity index (χ2n) is 5.18. The van der Waals surface area contributed by atoms with Gasteiger partial charge in [-0.15, -0.1) is 0 Å². The minimum absolute atomic E-state index is 0.106. The van der Waals surface area contributed by atoms with Crippen LogP contribution in [-0.2, 0) is 11.2 Å². The number of rotatable bonds is 7. The molecule has 5 heteroatoms. The van der Waals surface area contributed by atoms with Crippen LogP contribution in [0.4, 0.5) is 0 Å². The summed E-state index contributed by atoms with van der Waals surface area (Å²) in [5.74, 6) is 1.55. The minimum Gasteiger partial charge on any atom is -0.493 e. The molecule has 118 valence electrons. The van der Waals surface area contributed by atoms with Crippen LogP contribution in [0.2, 0.25) is 0 Å². The fraction of sp³-hybridized carbons (Fsp3) is 0.625. The van der Waals surface area contributed by atoms with E-state index >= 15 is 0 Å². The van der Waals surface area contributed by atoms with Crippen LogP contribution in [-0.4, -0.2) is 57.5 Å². The first-order valence-corrected chi connectivity index (χ1v) is 7.61. The maximum Gasteiger partial charge on any atom is 0.164 e. The Bertz CT molecular complexity index is 440. The van der Waals surface area contributed by atoms with Gasteiger partial charge >= 0.3 is 0 Å². The summed E-state index contributed by atoms with van der Waals surface area (Å²) >= 11 is 0. The zero-order chi connectivity index (χ0) is 15.1. The average Bonchev–Trinajstić information content (AvgIpc) is 2.54. The van der Waals surface area contributed by atoms with E-state index < -0.39 is 0 Å². The Balaban J connectivity index is 2.01. The zero-order valence-corrected chi connectivity index (χ0v) is 13.0. The standard InChI is InChI=1S/C16H26N2O3/c1-3-18-9-10-20-14(11-18)12-21-16-13(7-8-17)5-4-6-15(16)19-2/h4-6,14H,3,7-12,17H2,1-2H3. The molecule has 1 saturated heterocycles. The minimum atomic E-state index is 0.106. The molecule has 21 heavy (non-hydrogen) atoms. The maximum absolute atomic E-state index is 6.01. The molecule has 1 aliphatic heterocycles. The van der Waals surface area contributed by atoms with Crippen molar-refractivity contribution in [3.63, 3.8) is 0 Å². The third kappa shape index (κ3) is 4.33. The lowest BCUT2D eigenvalue weighted by atomic mass is 10.1. The van der Waals surface area contributed by atoms with Gasteiger partial charge in [0.05, 0.1) is 13.7 Å². The molecule has 1 aromatic rings. The number of methoxy groups -OCH3 is 1. The molecule has 0 aromatic heterocycles. The Morgan fingerprint density at radius 3 is 3.00 bits per heavy atom. The Hall–Kier alpha value is -1.30. The SMILES string of the molecule is CCN1CCOC(COc2c(CCN)cccc2OC)C1. The molecule has 0 saturated carbocycles. The summed E-state index contributed by atoms with van der Waals surface area (Å²) in [6, 6.07) is 5.91. The van der Waals surface area contributed by atoms with Crippen LogP contribution in [0, 0.1) is 0 Å². The highest BCUT2D eigenvalue weighted by Crippen LogP contribution is 2.31. The molecular formula is C16H26N2O3. The van der Waals surface area contributed by atoms with Crippen LogP contribution in [0.5, 0.6) is 11.5 Å². The van der Waals surface area contributed by atoms with Crippen LogP contribution in [0.3, 0.4) is 0 Å². The molecule has 1 fully saturated rings. The highest BCUT2D eigenvalue weighted by atomic mass is 16.5. The van der Waals surface area contributed by atoms with E-state index in [0.29, 0.717) is 13.2 Å². The molecule has 2 N–H and O–H groups in total. The molecule has 1 aromatic carbocycles. The molecule has 1 atom stereocenters. The number of benzene rings is 1. The lowest BCUT2D eigenvalue weighted by Crippen LogP contribution is -2.44.